The summed E-state index contributed by atoms with van der Waals surface area (Å²) in [6.45, 7) is 8.13. The molecule has 2 aliphatic heterocycles. The van der Waals surface area contributed by atoms with Gasteiger partial charge in [-0.2, -0.15) is 0 Å². The highest BCUT2D eigenvalue weighted by molar-refractivity contribution is 5.46. The van der Waals surface area contributed by atoms with Crippen molar-refractivity contribution >= 4 is 11.6 Å². The molecule has 2 saturated heterocycles. The zero-order valence-electron chi connectivity index (χ0n) is 13.1. The zero-order valence-corrected chi connectivity index (χ0v) is 13.1. The number of hydrogen-bond donors (Lipinski definition) is 0. The van der Waals surface area contributed by atoms with Gasteiger partial charge in [0.25, 0.3) is 5.78 Å². The van der Waals surface area contributed by atoms with Gasteiger partial charge in [-0.15, -0.1) is 10.2 Å². The summed E-state index contributed by atoms with van der Waals surface area (Å²) in [5.74, 6) is 2.67. The van der Waals surface area contributed by atoms with Crippen molar-refractivity contribution in [2.75, 3.05) is 57.8 Å². The molecule has 0 spiro atoms. The Hall–Kier alpha value is -1.73. The van der Waals surface area contributed by atoms with Crippen molar-refractivity contribution in [2.45, 2.75) is 6.42 Å². The molecule has 2 aliphatic rings. The van der Waals surface area contributed by atoms with Crippen LogP contribution in [0, 0.1) is 5.92 Å². The maximum atomic E-state index is 4.23. The minimum Gasteiger partial charge on any atom is -0.355 e. The van der Waals surface area contributed by atoms with Crippen molar-refractivity contribution in [3.63, 3.8) is 0 Å². The van der Waals surface area contributed by atoms with Crippen LogP contribution in [0.4, 0.5) is 5.82 Å². The molecule has 2 aromatic rings. The van der Waals surface area contributed by atoms with Crippen LogP contribution >= 0.6 is 0 Å². The first-order valence-electron chi connectivity index (χ1n) is 8.10. The Kier molecular flexibility index (Phi) is 3.67. The van der Waals surface area contributed by atoms with Crippen LogP contribution in [0.15, 0.2) is 18.6 Å². The SMILES string of the molecule is CN1CCC(CN2CCN(c3ccnc4nncn34)CC2)C1. The van der Waals surface area contributed by atoms with Gasteiger partial charge in [0, 0.05) is 45.5 Å². The van der Waals surface area contributed by atoms with E-state index < -0.39 is 0 Å². The van der Waals surface area contributed by atoms with Crippen molar-refractivity contribution in [2.24, 2.45) is 5.92 Å². The predicted molar refractivity (Wildman–Crippen MR) is 85.0 cm³/mol. The Labute approximate surface area is 130 Å². The third-order valence-electron chi connectivity index (χ3n) is 4.89. The summed E-state index contributed by atoms with van der Waals surface area (Å²) in [7, 11) is 2.23. The molecule has 2 fully saturated rings. The molecule has 4 heterocycles. The lowest BCUT2D eigenvalue weighted by Gasteiger charge is -2.37. The van der Waals surface area contributed by atoms with Crippen LogP contribution in [0.25, 0.3) is 5.78 Å². The number of nitrogens with zero attached hydrogens (tertiary/aromatic N) is 7. The molecule has 0 aromatic carbocycles. The van der Waals surface area contributed by atoms with Gasteiger partial charge in [-0.05, 0) is 32.0 Å². The van der Waals surface area contributed by atoms with E-state index in [1.54, 1.807) is 6.33 Å². The van der Waals surface area contributed by atoms with Gasteiger partial charge in [-0.25, -0.2) is 4.98 Å². The normalized spacial score (nSPS) is 24.4. The topological polar surface area (TPSA) is 52.8 Å². The summed E-state index contributed by atoms with van der Waals surface area (Å²) in [4.78, 5) is 11.7. The van der Waals surface area contributed by atoms with Crippen LogP contribution in [0.3, 0.4) is 0 Å². The predicted octanol–water partition coefficient (Wildman–Crippen LogP) is 0.198. The largest absolute Gasteiger partial charge is 0.355 e. The Balaban J connectivity index is 1.38. The molecular formula is C15H23N7. The summed E-state index contributed by atoms with van der Waals surface area (Å²) in [5, 5.41) is 7.98. The maximum Gasteiger partial charge on any atom is 0.256 e. The van der Waals surface area contributed by atoms with Crippen LogP contribution in [-0.4, -0.2) is 82.2 Å². The average Bonchev–Trinajstić information content (AvgIpc) is 3.16. The van der Waals surface area contributed by atoms with Gasteiger partial charge in [-0.3, -0.25) is 9.30 Å². The van der Waals surface area contributed by atoms with Gasteiger partial charge in [0.05, 0.1) is 0 Å². The quantitative estimate of drug-likeness (QED) is 0.807. The molecule has 0 amide bonds. The van der Waals surface area contributed by atoms with Crippen LogP contribution in [0.5, 0.6) is 0 Å². The molecular weight excluding hydrogens is 278 g/mol. The van der Waals surface area contributed by atoms with E-state index >= 15 is 0 Å². The smallest absolute Gasteiger partial charge is 0.256 e. The minimum absolute atomic E-state index is 0.675. The highest BCUT2D eigenvalue weighted by Crippen LogP contribution is 2.19. The standard InChI is InChI=1S/C15H23N7/c1-19-5-3-13(10-19)11-20-6-8-21(9-7-20)14-2-4-16-15-18-17-12-22(14)15/h2,4,12-13H,3,5-11H2,1H3. The lowest BCUT2D eigenvalue weighted by Crippen LogP contribution is -2.48. The first kappa shape index (κ1) is 13.9. The van der Waals surface area contributed by atoms with Crippen LogP contribution in [0.2, 0.25) is 0 Å². The Morgan fingerprint density at radius 3 is 2.82 bits per heavy atom. The van der Waals surface area contributed by atoms with E-state index in [-0.39, 0.29) is 0 Å². The summed E-state index contributed by atoms with van der Waals surface area (Å²) in [6.07, 6.45) is 4.92. The van der Waals surface area contributed by atoms with Crippen LogP contribution < -0.4 is 4.90 Å². The van der Waals surface area contributed by atoms with Gasteiger partial charge < -0.3 is 9.80 Å². The number of rotatable bonds is 3. The highest BCUT2D eigenvalue weighted by Gasteiger charge is 2.25. The molecule has 2 aromatic heterocycles. The number of aromatic nitrogens is 4. The van der Waals surface area contributed by atoms with Gasteiger partial charge in [0.1, 0.15) is 12.1 Å². The number of likely N-dealkylation sites (tertiary alicyclic amines) is 1. The lowest BCUT2D eigenvalue weighted by atomic mass is 10.1. The molecule has 0 bridgehead atoms. The van der Waals surface area contributed by atoms with Crippen LogP contribution in [-0.2, 0) is 0 Å². The van der Waals surface area contributed by atoms with Crippen molar-refractivity contribution < 1.29 is 0 Å². The second-order valence-corrected chi connectivity index (χ2v) is 6.51. The Morgan fingerprint density at radius 2 is 2.05 bits per heavy atom. The molecule has 7 heteroatoms. The van der Waals surface area contributed by atoms with Gasteiger partial charge >= 0.3 is 0 Å². The molecule has 118 valence electrons. The van der Waals surface area contributed by atoms with E-state index in [1.807, 2.05) is 10.6 Å². The summed E-state index contributed by atoms with van der Waals surface area (Å²) in [5.41, 5.74) is 0. The van der Waals surface area contributed by atoms with E-state index in [0.29, 0.717) is 5.78 Å². The summed E-state index contributed by atoms with van der Waals surface area (Å²) in [6, 6.07) is 2.05. The zero-order chi connectivity index (χ0) is 14.9. The number of fused-ring (bicyclic) bond motifs is 1. The van der Waals surface area contributed by atoms with E-state index in [9.17, 15) is 0 Å². The molecule has 0 aliphatic carbocycles. The Bertz CT molecular complexity index is 632. The van der Waals surface area contributed by atoms with E-state index in [2.05, 4.69) is 43.0 Å². The molecule has 0 saturated carbocycles. The van der Waals surface area contributed by atoms with Gasteiger partial charge in [0.15, 0.2) is 0 Å². The van der Waals surface area contributed by atoms with Crippen molar-refractivity contribution in [3.05, 3.63) is 18.6 Å². The van der Waals surface area contributed by atoms with E-state index in [4.69, 9.17) is 0 Å². The second-order valence-electron chi connectivity index (χ2n) is 6.51. The molecule has 1 atom stereocenters. The minimum atomic E-state index is 0.675. The average molecular weight is 301 g/mol. The lowest BCUT2D eigenvalue weighted by molar-refractivity contribution is 0.218. The fourth-order valence-electron chi connectivity index (χ4n) is 3.69. The third kappa shape index (κ3) is 2.66. The van der Waals surface area contributed by atoms with Crippen molar-refractivity contribution in [3.8, 4) is 0 Å². The first-order valence-corrected chi connectivity index (χ1v) is 8.10. The summed E-state index contributed by atoms with van der Waals surface area (Å²) < 4.78 is 1.97. The molecule has 22 heavy (non-hydrogen) atoms. The molecule has 7 nitrogen and oxygen atoms in total. The fourth-order valence-corrected chi connectivity index (χ4v) is 3.69. The van der Waals surface area contributed by atoms with Crippen molar-refractivity contribution in [1.82, 2.24) is 29.4 Å². The molecule has 1 unspecified atom stereocenters. The molecule has 4 rings (SSSR count). The van der Waals surface area contributed by atoms with Gasteiger partial charge in [-0.1, -0.05) is 0 Å². The number of anilines is 1. The monoisotopic (exact) mass is 301 g/mol. The highest BCUT2D eigenvalue weighted by atomic mass is 15.3. The fraction of sp³-hybridized carbons (Fsp3) is 0.667. The van der Waals surface area contributed by atoms with Gasteiger partial charge in [0.2, 0.25) is 0 Å². The number of piperazine rings is 1. The van der Waals surface area contributed by atoms with Crippen molar-refractivity contribution in [1.29, 1.82) is 0 Å². The first-order chi connectivity index (χ1) is 10.8. The molecule has 0 N–H and O–H groups in total. The number of hydrogen-bond acceptors (Lipinski definition) is 6. The third-order valence-corrected chi connectivity index (χ3v) is 4.89. The molecule has 0 radical (unpaired) electrons. The Morgan fingerprint density at radius 1 is 1.18 bits per heavy atom. The van der Waals surface area contributed by atoms with E-state index in [0.717, 1.165) is 37.9 Å². The maximum absolute atomic E-state index is 4.23. The second kappa shape index (κ2) is 5.81. The van der Waals surface area contributed by atoms with E-state index in [1.165, 1.54) is 26.1 Å². The summed E-state index contributed by atoms with van der Waals surface area (Å²) >= 11 is 0. The van der Waals surface area contributed by atoms with Crippen LogP contribution in [0.1, 0.15) is 6.42 Å².